The number of halogens is 1. The van der Waals surface area contributed by atoms with Gasteiger partial charge in [0.25, 0.3) is 0 Å². The fourth-order valence-corrected chi connectivity index (χ4v) is 1.96. The lowest BCUT2D eigenvalue weighted by Gasteiger charge is -2.05. The number of ether oxygens (including phenoxy) is 1. The topological polar surface area (TPSA) is 61.3 Å². The van der Waals surface area contributed by atoms with Crippen molar-refractivity contribution in [3.8, 4) is 17.2 Å². The largest absolute Gasteiger partial charge is 0.494 e. The summed E-state index contributed by atoms with van der Waals surface area (Å²) in [6.45, 7) is 1.28. The van der Waals surface area contributed by atoms with Gasteiger partial charge in [0.05, 0.1) is 6.61 Å². The van der Waals surface area contributed by atoms with Crippen LogP contribution in [0.1, 0.15) is 6.42 Å². The van der Waals surface area contributed by atoms with E-state index in [1.165, 1.54) is 0 Å². The Bertz CT molecular complexity index is 662. The average Bonchev–Trinajstić information content (AvgIpc) is 2.92. The van der Waals surface area contributed by atoms with E-state index in [-0.39, 0.29) is 12.4 Å². The summed E-state index contributed by atoms with van der Waals surface area (Å²) in [5.74, 6) is 1.46. The van der Waals surface area contributed by atoms with Crippen molar-refractivity contribution in [1.29, 1.82) is 0 Å². The Labute approximate surface area is 129 Å². The number of para-hydroxylation sites is 2. The number of fused-ring (bicyclic) bond motifs is 1. The molecule has 4 nitrogen and oxygen atoms in total. The third-order valence-corrected chi connectivity index (χ3v) is 3.01. The number of nitrogens with zero attached hydrogens (tertiary/aromatic N) is 1. The van der Waals surface area contributed by atoms with Crippen molar-refractivity contribution >= 4 is 23.5 Å². The summed E-state index contributed by atoms with van der Waals surface area (Å²) in [5, 5.41) is 0. The number of aromatic nitrogens is 1. The van der Waals surface area contributed by atoms with Crippen LogP contribution < -0.4 is 10.5 Å². The molecule has 3 aromatic rings. The van der Waals surface area contributed by atoms with Gasteiger partial charge in [-0.2, -0.15) is 0 Å². The molecule has 2 aromatic carbocycles. The molecule has 0 unspecified atom stereocenters. The van der Waals surface area contributed by atoms with Crippen LogP contribution in [0.15, 0.2) is 52.9 Å². The maximum absolute atomic E-state index is 5.72. The van der Waals surface area contributed by atoms with Crippen molar-refractivity contribution in [2.45, 2.75) is 6.42 Å². The van der Waals surface area contributed by atoms with E-state index in [0.717, 1.165) is 28.8 Å². The van der Waals surface area contributed by atoms with E-state index in [9.17, 15) is 0 Å². The van der Waals surface area contributed by atoms with Crippen molar-refractivity contribution in [1.82, 2.24) is 4.98 Å². The first-order valence-corrected chi connectivity index (χ1v) is 6.66. The third-order valence-electron chi connectivity index (χ3n) is 3.01. The highest BCUT2D eigenvalue weighted by Gasteiger charge is 2.07. The van der Waals surface area contributed by atoms with Gasteiger partial charge in [0, 0.05) is 5.56 Å². The second-order valence-electron chi connectivity index (χ2n) is 4.50. The first-order valence-electron chi connectivity index (χ1n) is 6.66. The van der Waals surface area contributed by atoms with Crippen LogP contribution >= 0.6 is 12.4 Å². The Hall–Kier alpha value is -2.04. The van der Waals surface area contributed by atoms with E-state index in [2.05, 4.69) is 4.98 Å². The number of nitrogens with two attached hydrogens (primary N) is 1. The van der Waals surface area contributed by atoms with E-state index < -0.39 is 0 Å². The van der Waals surface area contributed by atoms with Crippen LogP contribution in [0, 0.1) is 0 Å². The van der Waals surface area contributed by atoms with Crippen molar-refractivity contribution in [2.24, 2.45) is 5.73 Å². The van der Waals surface area contributed by atoms with Crippen LogP contribution in [0.25, 0.3) is 22.6 Å². The second kappa shape index (κ2) is 7.11. The van der Waals surface area contributed by atoms with Gasteiger partial charge < -0.3 is 14.9 Å². The maximum Gasteiger partial charge on any atom is 0.227 e. The molecule has 0 aliphatic carbocycles. The van der Waals surface area contributed by atoms with E-state index in [0.29, 0.717) is 19.0 Å². The molecule has 0 atom stereocenters. The van der Waals surface area contributed by atoms with Gasteiger partial charge >= 0.3 is 0 Å². The van der Waals surface area contributed by atoms with Crippen LogP contribution in [0.5, 0.6) is 5.75 Å². The molecule has 0 saturated carbocycles. The first kappa shape index (κ1) is 15.4. The van der Waals surface area contributed by atoms with E-state index in [1.54, 1.807) is 0 Å². The monoisotopic (exact) mass is 304 g/mol. The molecule has 21 heavy (non-hydrogen) atoms. The zero-order chi connectivity index (χ0) is 13.8. The molecule has 0 saturated heterocycles. The van der Waals surface area contributed by atoms with Crippen molar-refractivity contribution in [3.05, 3.63) is 48.5 Å². The van der Waals surface area contributed by atoms with Gasteiger partial charge in [0.2, 0.25) is 5.89 Å². The molecule has 2 N–H and O–H groups in total. The fraction of sp³-hybridized carbons (Fsp3) is 0.188. The van der Waals surface area contributed by atoms with Crippen LogP contribution in [0.4, 0.5) is 0 Å². The van der Waals surface area contributed by atoms with E-state index >= 15 is 0 Å². The molecule has 110 valence electrons. The number of oxazole rings is 1. The van der Waals surface area contributed by atoms with Gasteiger partial charge in [-0.3, -0.25) is 0 Å². The lowest BCUT2D eigenvalue weighted by atomic mass is 10.2. The number of hydrogen-bond acceptors (Lipinski definition) is 4. The molecule has 0 aliphatic heterocycles. The molecule has 3 rings (SSSR count). The fourth-order valence-electron chi connectivity index (χ4n) is 1.96. The third kappa shape index (κ3) is 3.54. The normalized spacial score (nSPS) is 10.3. The lowest BCUT2D eigenvalue weighted by Crippen LogP contribution is -2.05. The summed E-state index contributed by atoms with van der Waals surface area (Å²) in [7, 11) is 0. The predicted octanol–water partition coefficient (Wildman–Crippen LogP) is 3.64. The Morgan fingerprint density at radius 1 is 1.05 bits per heavy atom. The molecule has 0 bridgehead atoms. The van der Waals surface area contributed by atoms with Crippen LogP contribution in [0.2, 0.25) is 0 Å². The Morgan fingerprint density at radius 2 is 1.81 bits per heavy atom. The van der Waals surface area contributed by atoms with Gasteiger partial charge in [0.1, 0.15) is 11.3 Å². The molecule has 0 spiro atoms. The average molecular weight is 305 g/mol. The van der Waals surface area contributed by atoms with E-state index in [1.807, 2.05) is 48.5 Å². The first-order chi connectivity index (χ1) is 9.86. The van der Waals surface area contributed by atoms with Gasteiger partial charge in [-0.15, -0.1) is 12.4 Å². The smallest absolute Gasteiger partial charge is 0.227 e. The van der Waals surface area contributed by atoms with Gasteiger partial charge in [-0.1, -0.05) is 12.1 Å². The minimum atomic E-state index is 0. The molecule has 0 aliphatic rings. The molecule has 1 heterocycles. The molecule has 1 aromatic heterocycles. The number of hydrogen-bond donors (Lipinski definition) is 1. The highest BCUT2D eigenvalue weighted by atomic mass is 35.5. The Morgan fingerprint density at radius 3 is 2.52 bits per heavy atom. The number of benzene rings is 2. The molecule has 0 amide bonds. The molecular weight excluding hydrogens is 288 g/mol. The van der Waals surface area contributed by atoms with Crippen LogP contribution in [-0.2, 0) is 0 Å². The Kier molecular flexibility index (Phi) is 5.20. The standard InChI is InChI=1S/C16H16N2O2.ClH/c17-10-3-11-19-13-8-6-12(7-9-13)16-18-14-4-1-2-5-15(14)20-16;/h1-2,4-9H,3,10-11,17H2;1H. The lowest BCUT2D eigenvalue weighted by molar-refractivity contribution is 0.313. The molecule has 5 heteroatoms. The van der Waals surface area contributed by atoms with Gasteiger partial charge in [-0.05, 0) is 49.4 Å². The summed E-state index contributed by atoms with van der Waals surface area (Å²) in [6, 6.07) is 15.5. The minimum Gasteiger partial charge on any atom is -0.494 e. The summed E-state index contributed by atoms with van der Waals surface area (Å²) < 4.78 is 11.3. The zero-order valence-electron chi connectivity index (χ0n) is 11.5. The predicted molar refractivity (Wildman–Crippen MR) is 85.9 cm³/mol. The van der Waals surface area contributed by atoms with Crippen molar-refractivity contribution in [2.75, 3.05) is 13.2 Å². The minimum absolute atomic E-state index is 0. The Balaban J connectivity index is 0.00000161. The zero-order valence-corrected chi connectivity index (χ0v) is 12.3. The molecule has 0 fully saturated rings. The second-order valence-corrected chi connectivity index (χ2v) is 4.50. The summed E-state index contributed by atoms with van der Waals surface area (Å²) >= 11 is 0. The van der Waals surface area contributed by atoms with Gasteiger partial charge in [-0.25, -0.2) is 4.98 Å². The van der Waals surface area contributed by atoms with Crippen LogP contribution in [-0.4, -0.2) is 18.1 Å². The summed E-state index contributed by atoms with van der Waals surface area (Å²) in [4.78, 5) is 4.46. The van der Waals surface area contributed by atoms with E-state index in [4.69, 9.17) is 14.9 Å². The summed E-state index contributed by atoms with van der Waals surface area (Å²) in [6.07, 6.45) is 0.854. The van der Waals surface area contributed by atoms with Crippen molar-refractivity contribution in [3.63, 3.8) is 0 Å². The number of rotatable bonds is 5. The molecule has 0 radical (unpaired) electrons. The van der Waals surface area contributed by atoms with Crippen molar-refractivity contribution < 1.29 is 9.15 Å². The maximum atomic E-state index is 5.72. The van der Waals surface area contributed by atoms with Crippen LogP contribution in [0.3, 0.4) is 0 Å². The highest BCUT2D eigenvalue weighted by Crippen LogP contribution is 2.25. The quantitative estimate of drug-likeness (QED) is 0.731. The summed E-state index contributed by atoms with van der Waals surface area (Å²) in [5.41, 5.74) is 8.03. The highest BCUT2D eigenvalue weighted by molar-refractivity contribution is 5.85. The SMILES string of the molecule is Cl.NCCCOc1ccc(-c2nc3ccccc3o2)cc1. The molecular formula is C16H17ClN2O2. The van der Waals surface area contributed by atoms with Gasteiger partial charge in [0.15, 0.2) is 5.58 Å².